The molecule has 1 aromatic carbocycles. The number of thiocarbonyl (C=S) groups is 1. The number of benzene rings is 1. The summed E-state index contributed by atoms with van der Waals surface area (Å²) in [5, 5.41) is 2.78. The first-order valence-corrected chi connectivity index (χ1v) is 7.08. The van der Waals surface area contributed by atoms with Crippen LogP contribution in [-0.4, -0.2) is 41.6 Å². The van der Waals surface area contributed by atoms with E-state index >= 15 is 0 Å². The second-order valence-electron chi connectivity index (χ2n) is 4.70. The number of nitrogens with two attached hydrogens (primary N) is 1. The van der Waals surface area contributed by atoms with Gasteiger partial charge in [0.25, 0.3) is 0 Å². The first-order valence-electron chi connectivity index (χ1n) is 6.67. The van der Waals surface area contributed by atoms with Crippen LogP contribution in [0.3, 0.4) is 0 Å². The van der Waals surface area contributed by atoms with E-state index in [2.05, 4.69) is 5.32 Å². The molecule has 1 fully saturated rings. The highest BCUT2D eigenvalue weighted by Gasteiger charge is 2.21. The second kappa shape index (κ2) is 7.03. The number of hydrogen-bond donors (Lipinski definition) is 2. The number of carbonyl (C=O) groups excluding carboxylic acids is 2. The fourth-order valence-corrected chi connectivity index (χ4v) is 2.16. The van der Waals surface area contributed by atoms with E-state index in [9.17, 15) is 9.59 Å². The molecule has 7 heteroatoms. The van der Waals surface area contributed by atoms with Crippen LogP contribution in [0.4, 0.5) is 10.5 Å². The van der Waals surface area contributed by atoms with Gasteiger partial charge in [-0.1, -0.05) is 24.4 Å². The Labute approximate surface area is 128 Å². The number of amides is 2. The summed E-state index contributed by atoms with van der Waals surface area (Å²) in [5.74, 6) is -0.109. The number of rotatable bonds is 6. The van der Waals surface area contributed by atoms with Gasteiger partial charge < -0.3 is 20.7 Å². The van der Waals surface area contributed by atoms with Crippen molar-refractivity contribution in [1.29, 1.82) is 0 Å². The van der Waals surface area contributed by atoms with Gasteiger partial charge in [-0.2, -0.15) is 0 Å². The molecule has 2 amide bonds. The van der Waals surface area contributed by atoms with Crippen molar-refractivity contribution in [2.24, 2.45) is 5.73 Å². The molecule has 3 N–H and O–H groups in total. The van der Waals surface area contributed by atoms with E-state index in [0.717, 1.165) is 0 Å². The van der Waals surface area contributed by atoms with Crippen molar-refractivity contribution in [3.63, 3.8) is 0 Å². The summed E-state index contributed by atoms with van der Waals surface area (Å²) in [6.07, 6.45) is 0.622. The van der Waals surface area contributed by atoms with E-state index in [-0.39, 0.29) is 12.0 Å². The summed E-state index contributed by atoms with van der Waals surface area (Å²) < 4.78 is 4.82. The molecule has 112 valence electrons. The first kappa shape index (κ1) is 15.2. The maximum Gasteiger partial charge on any atom is 0.409 e. The number of carbonyl (C=O) groups is 2. The van der Waals surface area contributed by atoms with E-state index in [1.165, 1.54) is 0 Å². The standard InChI is InChI=1S/C14H17N3O3S/c15-13(21)10-3-1-4-11(9-10)16-12(18)5-2-6-17-7-8-20-14(17)19/h1,3-4,9H,2,5-8H2,(H2,15,21)(H,16,18). The predicted octanol–water partition coefficient (Wildman–Crippen LogP) is 1.49. The Morgan fingerprint density at radius 2 is 2.29 bits per heavy atom. The molecular weight excluding hydrogens is 290 g/mol. The SMILES string of the molecule is NC(=S)c1cccc(NC(=O)CCCN2CCOC2=O)c1. The van der Waals surface area contributed by atoms with Gasteiger partial charge in [-0.05, 0) is 18.6 Å². The van der Waals surface area contributed by atoms with Gasteiger partial charge >= 0.3 is 6.09 Å². The molecule has 0 radical (unpaired) electrons. The Balaban J connectivity index is 1.77. The highest BCUT2D eigenvalue weighted by molar-refractivity contribution is 7.80. The molecule has 0 aliphatic carbocycles. The van der Waals surface area contributed by atoms with Crippen LogP contribution in [-0.2, 0) is 9.53 Å². The Morgan fingerprint density at radius 1 is 1.48 bits per heavy atom. The minimum atomic E-state index is -0.306. The smallest absolute Gasteiger partial charge is 0.409 e. The van der Waals surface area contributed by atoms with Crippen molar-refractivity contribution in [3.05, 3.63) is 29.8 Å². The van der Waals surface area contributed by atoms with Crippen molar-refractivity contribution >= 4 is 34.9 Å². The lowest BCUT2D eigenvalue weighted by Crippen LogP contribution is -2.26. The van der Waals surface area contributed by atoms with Crippen LogP contribution in [0.15, 0.2) is 24.3 Å². The zero-order valence-electron chi connectivity index (χ0n) is 11.5. The maximum absolute atomic E-state index is 11.8. The van der Waals surface area contributed by atoms with Crippen LogP contribution < -0.4 is 11.1 Å². The molecule has 0 atom stereocenters. The zero-order valence-corrected chi connectivity index (χ0v) is 12.3. The third-order valence-corrected chi connectivity index (χ3v) is 3.34. The summed E-state index contributed by atoms with van der Waals surface area (Å²) >= 11 is 4.89. The molecule has 1 heterocycles. The quantitative estimate of drug-likeness (QED) is 0.778. The van der Waals surface area contributed by atoms with Gasteiger partial charge in [0, 0.05) is 24.2 Å². The largest absolute Gasteiger partial charge is 0.448 e. The van der Waals surface area contributed by atoms with E-state index in [0.29, 0.717) is 48.8 Å². The molecule has 0 saturated carbocycles. The minimum absolute atomic E-state index is 0.109. The predicted molar refractivity (Wildman–Crippen MR) is 83.1 cm³/mol. The molecule has 0 unspecified atom stereocenters. The molecule has 2 rings (SSSR count). The number of nitrogens with zero attached hydrogens (tertiary/aromatic N) is 1. The summed E-state index contributed by atoms with van der Waals surface area (Å²) in [4.78, 5) is 24.9. The number of nitrogens with one attached hydrogen (secondary N) is 1. The number of anilines is 1. The lowest BCUT2D eigenvalue weighted by molar-refractivity contribution is -0.116. The van der Waals surface area contributed by atoms with E-state index in [1.54, 1.807) is 29.2 Å². The fraction of sp³-hybridized carbons (Fsp3) is 0.357. The number of ether oxygens (including phenoxy) is 1. The van der Waals surface area contributed by atoms with Gasteiger partial charge in [-0.25, -0.2) is 4.79 Å². The van der Waals surface area contributed by atoms with Crippen LogP contribution in [0.1, 0.15) is 18.4 Å². The molecule has 21 heavy (non-hydrogen) atoms. The Kier molecular flexibility index (Phi) is 5.10. The zero-order chi connectivity index (χ0) is 15.2. The maximum atomic E-state index is 11.8. The Morgan fingerprint density at radius 3 is 2.95 bits per heavy atom. The number of cyclic esters (lactones) is 1. The third-order valence-electron chi connectivity index (χ3n) is 3.11. The van der Waals surface area contributed by atoms with E-state index in [4.69, 9.17) is 22.7 Å². The molecule has 1 aliphatic rings. The first-order chi connectivity index (χ1) is 10.1. The van der Waals surface area contributed by atoms with Gasteiger partial charge in [0.2, 0.25) is 5.91 Å². The normalized spacial score (nSPS) is 13.9. The molecule has 0 spiro atoms. The molecule has 0 bridgehead atoms. The summed E-state index contributed by atoms with van der Waals surface area (Å²) in [6, 6.07) is 7.08. The van der Waals surface area contributed by atoms with Crippen molar-refractivity contribution < 1.29 is 14.3 Å². The van der Waals surface area contributed by atoms with Gasteiger partial charge in [-0.15, -0.1) is 0 Å². The number of hydrogen-bond acceptors (Lipinski definition) is 4. The topological polar surface area (TPSA) is 84.7 Å². The van der Waals surface area contributed by atoms with Crippen LogP contribution in [0.25, 0.3) is 0 Å². The molecule has 1 aromatic rings. The van der Waals surface area contributed by atoms with E-state index in [1.807, 2.05) is 0 Å². The van der Waals surface area contributed by atoms with Crippen molar-refractivity contribution in [3.8, 4) is 0 Å². The van der Waals surface area contributed by atoms with Crippen molar-refractivity contribution in [2.75, 3.05) is 25.0 Å². The van der Waals surface area contributed by atoms with Crippen molar-refractivity contribution in [1.82, 2.24) is 4.90 Å². The lowest BCUT2D eigenvalue weighted by Gasteiger charge is -2.12. The molecule has 0 aromatic heterocycles. The van der Waals surface area contributed by atoms with Gasteiger partial charge in [0.15, 0.2) is 0 Å². The lowest BCUT2D eigenvalue weighted by atomic mass is 10.2. The van der Waals surface area contributed by atoms with Crippen LogP contribution >= 0.6 is 12.2 Å². The summed E-state index contributed by atoms with van der Waals surface area (Å²) in [6.45, 7) is 1.55. The highest BCUT2D eigenvalue weighted by atomic mass is 32.1. The second-order valence-corrected chi connectivity index (χ2v) is 5.14. The molecule has 6 nitrogen and oxygen atoms in total. The Hall–Kier alpha value is -2.15. The molecule has 1 aliphatic heterocycles. The monoisotopic (exact) mass is 307 g/mol. The van der Waals surface area contributed by atoms with Crippen LogP contribution in [0, 0.1) is 0 Å². The average Bonchev–Trinajstić information content (AvgIpc) is 2.85. The average molecular weight is 307 g/mol. The van der Waals surface area contributed by atoms with E-state index < -0.39 is 0 Å². The third kappa shape index (κ3) is 4.42. The van der Waals surface area contributed by atoms with Crippen molar-refractivity contribution in [2.45, 2.75) is 12.8 Å². The van der Waals surface area contributed by atoms with Crippen LogP contribution in [0.2, 0.25) is 0 Å². The highest BCUT2D eigenvalue weighted by Crippen LogP contribution is 2.12. The van der Waals surface area contributed by atoms with Gasteiger partial charge in [-0.3, -0.25) is 4.79 Å². The van der Waals surface area contributed by atoms with Crippen LogP contribution in [0.5, 0.6) is 0 Å². The molecular formula is C14H17N3O3S. The summed E-state index contributed by atoms with van der Waals surface area (Å²) in [7, 11) is 0. The fourth-order valence-electron chi connectivity index (χ4n) is 2.03. The molecule has 1 saturated heterocycles. The van der Waals surface area contributed by atoms with Gasteiger partial charge in [0.1, 0.15) is 11.6 Å². The van der Waals surface area contributed by atoms with Gasteiger partial charge in [0.05, 0.1) is 6.54 Å². The summed E-state index contributed by atoms with van der Waals surface area (Å²) in [5.41, 5.74) is 6.91. The Bertz CT molecular complexity index is 562. The minimum Gasteiger partial charge on any atom is -0.448 e.